The largest absolute Gasteiger partial charge is 0.457 e. The first kappa shape index (κ1) is 11.7. The summed E-state index contributed by atoms with van der Waals surface area (Å²) in [6.07, 6.45) is 0. The zero-order valence-electron chi connectivity index (χ0n) is 10.0. The van der Waals surface area contributed by atoms with Gasteiger partial charge in [-0.25, -0.2) is 0 Å². The van der Waals surface area contributed by atoms with Crippen LogP contribution < -0.4 is 4.74 Å². The van der Waals surface area contributed by atoms with E-state index in [1.54, 1.807) is 12.1 Å². The third-order valence-corrected chi connectivity index (χ3v) is 2.98. The summed E-state index contributed by atoms with van der Waals surface area (Å²) in [7, 11) is 0. The van der Waals surface area contributed by atoms with Crippen LogP contribution in [0.15, 0.2) is 42.5 Å². The van der Waals surface area contributed by atoms with Gasteiger partial charge in [0, 0.05) is 12.1 Å². The number of benzene rings is 2. The van der Waals surface area contributed by atoms with Crippen molar-refractivity contribution < 1.29 is 14.4 Å². The highest BCUT2D eigenvalue weighted by atomic mass is 16.6. The maximum Gasteiger partial charge on any atom is 0.269 e. The Balaban J connectivity index is 1.79. The highest BCUT2D eigenvalue weighted by Crippen LogP contribution is 2.28. The molecule has 0 amide bonds. The average molecular weight is 257 g/mol. The van der Waals surface area contributed by atoms with Crippen LogP contribution in [0.4, 0.5) is 5.69 Å². The fourth-order valence-corrected chi connectivity index (χ4v) is 1.98. The van der Waals surface area contributed by atoms with Crippen molar-refractivity contribution in [1.29, 1.82) is 0 Å². The lowest BCUT2D eigenvalue weighted by Gasteiger charge is -2.06. The van der Waals surface area contributed by atoms with Gasteiger partial charge in [0.25, 0.3) is 5.69 Å². The van der Waals surface area contributed by atoms with Gasteiger partial charge >= 0.3 is 0 Å². The summed E-state index contributed by atoms with van der Waals surface area (Å²) >= 11 is 0. The maximum absolute atomic E-state index is 10.5. The summed E-state index contributed by atoms with van der Waals surface area (Å²) in [6, 6.07) is 11.8. The summed E-state index contributed by atoms with van der Waals surface area (Å²) in [4.78, 5) is 10.1. The number of fused-ring (bicyclic) bond motifs is 1. The number of hydrogen-bond donors (Lipinski definition) is 0. The summed E-state index contributed by atoms with van der Waals surface area (Å²) in [6.45, 7) is 1.25. The van der Waals surface area contributed by atoms with Crippen LogP contribution in [0.1, 0.15) is 11.1 Å². The lowest BCUT2D eigenvalue weighted by atomic mass is 10.1. The summed E-state index contributed by atoms with van der Waals surface area (Å²) in [5, 5.41) is 10.5. The second kappa shape index (κ2) is 4.70. The van der Waals surface area contributed by atoms with E-state index in [4.69, 9.17) is 9.47 Å². The monoisotopic (exact) mass is 257 g/mol. The standard InChI is InChI=1S/C14H11NO4/c16-15(17)12-2-5-13(6-3-12)19-14-4-1-10-8-18-9-11(10)7-14/h1-7H,8-9H2. The van der Waals surface area contributed by atoms with Crippen LogP contribution in [0.5, 0.6) is 11.5 Å². The van der Waals surface area contributed by atoms with Crippen LogP contribution in [-0.4, -0.2) is 4.92 Å². The SMILES string of the molecule is O=[N+]([O-])c1ccc(Oc2ccc3c(c2)COC3)cc1. The Bertz CT molecular complexity index is 622. The maximum atomic E-state index is 10.5. The van der Waals surface area contributed by atoms with Crippen LogP contribution in [0.25, 0.3) is 0 Å². The molecule has 0 spiro atoms. The zero-order chi connectivity index (χ0) is 13.2. The molecule has 0 aliphatic carbocycles. The van der Waals surface area contributed by atoms with Crippen LogP contribution in [0, 0.1) is 10.1 Å². The van der Waals surface area contributed by atoms with E-state index in [1.165, 1.54) is 17.7 Å². The molecule has 3 rings (SSSR count). The number of rotatable bonds is 3. The van der Waals surface area contributed by atoms with E-state index in [-0.39, 0.29) is 5.69 Å². The minimum absolute atomic E-state index is 0.0507. The molecule has 5 nitrogen and oxygen atoms in total. The molecule has 0 radical (unpaired) electrons. The fraction of sp³-hybridized carbons (Fsp3) is 0.143. The Morgan fingerprint density at radius 2 is 1.68 bits per heavy atom. The van der Waals surface area contributed by atoms with Crippen molar-refractivity contribution in [3.63, 3.8) is 0 Å². The first-order chi connectivity index (χ1) is 9.22. The highest BCUT2D eigenvalue weighted by molar-refractivity contribution is 5.41. The Labute approximate surface area is 109 Å². The van der Waals surface area contributed by atoms with Crippen LogP contribution in [0.2, 0.25) is 0 Å². The number of non-ortho nitro benzene ring substituents is 1. The molecule has 1 heterocycles. The Hall–Kier alpha value is -2.40. The van der Waals surface area contributed by atoms with Gasteiger partial charge in [-0.2, -0.15) is 0 Å². The van der Waals surface area contributed by atoms with E-state index in [0.29, 0.717) is 24.7 Å². The van der Waals surface area contributed by atoms with E-state index in [1.807, 2.05) is 18.2 Å². The van der Waals surface area contributed by atoms with Gasteiger partial charge in [-0.3, -0.25) is 10.1 Å². The molecule has 0 atom stereocenters. The normalized spacial score (nSPS) is 13.1. The highest BCUT2D eigenvalue weighted by Gasteiger charge is 2.12. The molecule has 0 fully saturated rings. The average Bonchev–Trinajstić information content (AvgIpc) is 2.87. The predicted octanol–water partition coefficient (Wildman–Crippen LogP) is 3.42. The van der Waals surface area contributed by atoms with Gasteiger partial charge in [0.15, 0.2) is 0 Å². The Morgan fingerprint density at radius 1 is 1.00 bits per heavy atom. The minimum atomic E-state index is -0.434. The quantitative estimate of drug-likeness (QED) is 0.624. The van der Waals surface area contributed by atoms with Crippen molar-refractivity contribution in [2.45, 2.75) is 13.2 Å². The molecule has 0 aromatic heterocycles. The number of hydrogen-bond acceptors (Lipinski definition) is 4. The third kappa shape index (κ3) is 2.41. The molecule has 2 aromatic carbocycles. The number of nitro benzene ring substituents is 1. The van der Waals surface area contributed by atoms with E-state index >= 15 is 0 Å². The van der Waals surface area contributed by atoms with Gasteiger partial charge in [-0.05, 0) is 35.4 Å². The zero-order valence-corrected chi connectivity index (χ0v) is 10.0. The van der Waals surface area contributed by atoms with Crippen LogP contribution in [-0.2, 0) is 18.0 Å². The minimum Gasteiger partial charge on any atom is -0.457 e. The summed E-state index contributed by atoms with van der Waals surface area (Å²) in [5.74, 6) is 1.28. The molecule has 1 aliphatic heterocycles. The number of nitrogens with zero attached hydrogens (tertiary/aromatic N) is 1. The first-order valence-corrected chi connectivity index (χ1v) is 5.84. The van der Waals surface area contributed by atoms with Gasteiger partial charge in [0.1, 0.15) is 11.5 Å². The van der Waals surface area contributed by atoms with E-state index < -0.39 is 4.92 Å². The molecule has 96 valence electrons. The van der Waals surface area contributed by atoms with Gasteiger partial charge in [-0.1, -0.05) is 6.07 Å². The van der Waals surface area contributed by atoms with Crippen molar-refractivity contribution in [3.05, 3.63) is 63.7 Å². The molecule has 0 bridgehead atoms. The van der Waals surface area contributed by atoms with Crippen molar-refractivity contribution in [2.24, 2.45) is 0 Å². The molecule has 0 unspecified atom stereocenters. The summed E-state index contributed by atoms with van der Waals surface area (Å²) < 4.78 is 11.0. The van der Waals surface area contributed by atoms with Gasteiger partial charge in [0.05, 0.1) is 18.1 Å². The topological polar surface area (TPSA) is 61.6 Å². The smallest absolute Gasteiger partial charge is 0.269 e. The second-order valence-corrected chi connectivity index (χ2v) is 4.28. The third-order valence-electron chi connectivity index (χ3n) is 2.98. The van der Waals surface area contributed by atoms with E-state index in [0.717, 1.165) is 5.56 Å². The molecule has 0 N–H and O–H groups in total. The van der Waals surface area contributed by atoms with Crippen molar-refractivity contribution in [3.8, 4) is 11.5 Å². The fourth-order valence-electron chi connectivity index (χ4n) is 1.98. The van der Waals surface area contributed by atoms with Crippen LogP contribution >= 0.6 is 0 Å². The van der Waals surface area contributed by atoms with Gasteiger partial charge in [0.2, 0.25) is 0 Å². The number of nitro groups is 1. The molecule has 1 aliphatic rings. The van der Waals surface area contributed by atoms with Crippen molar-refractivity contribution in [2.75, 3.05) is 0 Å². The first-order valence-electron chi connectivity index (χ1n) is 5.84. The Morgan fingerprint density at radius 3 is 2.42 bits per heavy atom. The van der Waals surface area contributed by atoms with E-state index in [2.05, 4.69) is 0 Å². The number of ether oxygens (including phenoxy) is 2. The molecule has 0 saturated heterocycles. The lowest BCUT2D eigenvalue weighted by Crippen LogP contribution is -1.89. The molecule has 2 aromatic rings. The second-order valence-electron chi connectivity index (χ2n) is 4.28. The van der Waals surface area contributed by atoms with Crippen molar-refractivity contribution >= 4 is 5.69 Å². The lowest BCUT2D eigenvalue weighted by molar-refractivity contribution is -0.384. The van der Waals surface area contributed by atoms with E-state index in [9.17, 15) is 10.1 Å². The molecular formula is C14H11NO4. The molecule has 19 heavy (non-hydrogen) atoms. The van der Waals surface area contributed by atoms with Gasteiger partial charge in [-0.15, -0.1) is 0 Å². The van der Waals surface area contributed by atoms with Gasteiger partial charge < -0.3 is 9.47 Å². The Kier molecular flexibility index (Phi) is 2.89. The molecular weight excluding hydrogens is 246 g/mol. The summed E-state index contributed by atoms with van der Waals surface area (Å²) in [5.41, 5.74) is 2.35. The molecule has 5 heteroatoms. The predicted molar refractivity (Wildman–Crippen MR) is 68.1 cm³/mol. The van der Waals surface area contributed by atoms with Crippen molar-refractivity contribution in [1.82, 2.24) is 0 Å². The molecule has 0 saturated carbocycles. The van der Waals surface area contributed by atoms with Crippen LogP contribution in [0.3, 0.4) is 0 Å².